The van der Waals surface area contributed by atoms with E-state index in [-0.39, 0.29) is 5.91 Å². The highest BCUT2D eigenvalue weighted by atomic mass is 79.9. The number of nitrogens with zero attached hydrogens (tertiary/aromatic N) is 1. The zero-order valence-corrected chi connectivity index (χ0v) is 15.4. The molecule has 0 unspecified atom stereocenters. The van der Waals surface area contributed by atoms with Gasteiger partial charge in [0.25, 0.3) is 0 Å². The zero-order valence-electron chi connectivity index (χ0n) is 13.8. The van der Waals surface area contributed by atoms with E-state index in [4.69, 9.17) is 0 Å². The average molecular weight is 396 g/mol. The molecule has 3 rings (SSSR count). The van der Waals surface area contributed by atoms with Crippen LogP contribution in [0.4, 0.5) is 17.2 Å². The first kappa shape index (κ1) is 17.2. The highest BCUT2D eigenvalue weighted by molar-refractivity contribution is 9.10. The smallest absolute Gasteiger partial charge is 0.228 e. The van der Waals surface area contributed by atoms with Gasteiger partial charge in [-0.1, -0.05) is 42.0 Å². The van der Waals surface area contributed by atoms with Crippen LogP contribution in [-0.2, 0) is 11.2 Å². The molecule has 2 N–H and O–H groups in total. The molecule has 2 aromatic carbocycles. The number of para-hydroxylation sites is 1. The quantitative estimate of drug-likeness (QED) is 0.633. The lowest BCUT2D eigenvalue weighted by molar-refractivity contribution is -0.115. The standard InChI is InChI=1S/C20H18BrN3O/c1-14-5-4-6-15(11-14)12-20(25)23-16-9-10-19(22-13-16)24-18-8-3-2-7-17(18)21/h2-11,13H,12H2,1H3,(H,22,24)(H,23,25). The van der Waals surface area contributed by atoms with Gasteiger partial charge in [0.05, 0.1) is 24.0 Å². The molecule has 0 aliphatic rings. The Labute approximate surface area is 155 Å². The third kappa shape index (κ3) is 4.90. The summed E-state index contributed by atoms with van der Waals surface area (Å²) in [5, 5.41) is 6.10. The molecule has 0 saturated carbocycles. The van der Waals surface area contributed by atoms with Crippen molar-refractivity contribution >= 4 is 39.0 Å². The van der Waals surface area contributed by atoms with Crippen LogP contribution >= 0.6 is 15.9 Å². The van der Waals surface area contributed by atoms with Gasteiger partial charge in [-0.3, -0.25) is 4.79 Å². The van der Waals surface area contributed by atoms with E-state index >= 15 is 0 Å². The van der Waals surface area contributed by atoms with E-state index in [1.54, 1.807) is 6.20 Å². The van der Waals surface area contributed by atoms with Crippen LogP contribution in [0.3, 0.4) is 0 Å². The van der Waals surface area contributed by atoms with Gasteiger partial charge in [-0.15, -0.1) is 0 Å². The summed E-state index contributed by atoms with van der Waals surface area (Å²) in [7, 11) is 0. The maximum Gasteiger partial charge on any atom is 0.228 e. The largest absolute Gasteiger partial charge is 0.339 e. The Balaban J connectivity index is 1.60. The van der Waals surface area contributed by atoms with Crippen LogP contribution in [0.5, 0.6) is 0 Å². The number of hydrogen-bond donors (Lipinski definition) is 2. The highest BCUT2D eigenvalue weighted by Gasteiger charge is 2.05. The van der Waals surface area contributed by atoms with Gasteiger partial charge in [-0.05, 0) is 52.7 Å². The first-order valence-electron chi connectivity index (χ1n) is 7.93. The zero-order chi connectivity index (χ0) is 17.6. The molecule has 126 valence electrons. The predicted molar refractivity (Wildman–Crippen MR) is 105 cm³/mol. The van der Waals surface area contributed by atoms with Crippen LogP contribution in [-0.4, -0.2) is 10.9 Å². The Bertz CT molecular complexity index is 878. The second-order valence-electron chi connectivity index (χ2n) is 5.75. The van der Waals surface area contributed by atoms with E-state index in [1.807, 2.05) is 67.6 Å². The number of amides is 1. The minimum atomic E-state index is -0.0566. The summed E-state index contributed by atoms with van der Waals surface area (Å²) in [4.78, 5) is 16.5. The number of benzene rings is 2. The number of carbonyl (C=O) groups excluding carboxylic acids is 1. The number of carbonyl (C=O) groups is 1. The summed E-state index contributed by atoms with van der Waals surface area (Å²) in [5.41, 5.74) is 3.76. The molecule has 1 amide bonds. The predicted octanol–water partition coefficient (Wildman–Crippen LogP) is 5.08. The summed E-state index contributed by atoms with van der Waals surface area (Å²) in [5.74, 6) is 0.655. The SMILES string of the molecule is Cc1cccc(CC(=O)Nc2ccc(Nc3ccccc3Br)nc2)c1. The second-order valence-corrected chi connectivity index (χ2v) is 6.61. The summed E-state index contributed by atoms with van der Waals surface area (Å²) in [6.07, 6.45) is 1.99. The number of rotatable bonds is 5. The third-order valence-corrected chi connectivity index (χ3v) is 4.32. The van der Waals surface area contributed by atoms with Crippen molar-refractivity contribution in [2.45, 2.75) is 13.3 Å². The molecule has 5 heteroatoms. The van der Waals surface area contributed by atoms with Crippen LogP contribution in [0.25, 0.3) is 0 Å². The number of halogens is 1. The second kappa shape index (κ2) is 7.94. The monoisotopic (exact) mass is 395 g/mol. The summed E-state index contributed by atoms with van der Waals surface area (Å²) in [6, 6.07) is 19.4. The van der Waals surface area contributed by atoms with Crippen LogP contribution in [0.15, 0.2) is 71.3 Å². The fraction of sp³-hybridized carbons (Fsp3) is 0.100. The van der Waals surface area contributed by atoms with Crippen molar-refractivity contribution in [2.24, 2.45) is 0 Å². The fourth-order valence-electron chi connectivity index (χ4n) is 2.45. The summed E-state index contributed by atoms with van der Waals surface area (Å²) >= 11 is 3.49. The molecular weight excluding hydrogens is 378 g/mol. The molecule has 0 saturated heterocycles. The van der Waals surface area contributed by atoms with Gasteiger partial charge >= 0.3 is 0 Å². The van der Waals surface area contributed by atoms with Crippen molar-refractivity contribution in [3.8, 4) is 0 Å². The van der Waals surface area contributed by atoms with Gasteiger partial charge in [-0.25, -0.2) is 4.98 Å². The van der Waals surface area contributed by atoms with E-state index in [2.05, 4.69) is 31.5 Å². The van der Waals surface area contributed by atoms with Crippen molar-refractivity contribution < 1.29 is 4.79 Å². The van der Waals surface area contributed by atoms with Crippen LogP contribution in [0, 0.1) is 6.92 Å². The van der Waals surface area contributed by atoms with Crippen molar-refractivity contribution in [3.05, 3.63) is 82.5 Å². The molecule has 0 aliphatic carbocycles. The Kier molecular flexibility index (Phi) is 5.46. The topological polar surface area (TPSA) is 54.0 Å². The van der Waals surface area contributed by atoms with E-state index in [0.29, 0.717) is 17.9 Å². The Morgan fingerprint density at radius 1 is 1.08 bits per heavy atom. The van der Waals surface area contributed by atoms with E-state index in [1.165, 1.54) is 0 Å². The molecule has 1 heterocycles. The molecular formula is C20H18BrN3O. The van der Waals surface area contributed by atoms with Gasteiger partial charge in [0, 0.05) is 4.47 Å². The average Bonchev–Trinajstić information content (AvgIpc) is 2.58. The number of aromatic nitrogens is 1. The minimum absolute atomic E-state index is 0.0566. The Morgan fingerprint density at radius 2 is 1.92 bits per heavy atom. The molecule has 4 nitrogen and oxygen atoms in total. The number of hydrogen-bond acceptors (Lipinski definition) is 3. The molecule has 1 aromatic heterocycles. The number of aryl methyl sites for hydroxylation is 1. The Hall–Kier alpha value is -2.66. The molecule has 0 fully saturated rings. The minimum Gasteiger partial charge on any atom is -0.339 e. The van der Waals surface area contributed by atoms with Crippen LogP contribution in [0.1, 0.15) is 11.1 Å². The molecule has 0 radical (unpaired) electrons. The van der Waals surface area contributed by atoms with Gasteiger partial charge in [0.2, 0.25) is 5.91 Å². The van der Waals surface area contributed by atoms with Crippen LogP contribution in [0.2, 0.25) is 0 Å². The highest BCUT2D eigenvalue weighted by Crippen LogP contribution is 2.24. The van der Waals surface area contributed by atoms with Gasteiger partial charge < -0.3 is 10.6 Å². The fourth-order valence-corrected chi connectivity index (χ4v) is 2.84. The molecule has 0 aliphatic heterocycles. The lowest BCUT2D eigenvalue weighted by atomic mass is 10.1. The number of pyridine rings is 1. The number of nitrogens with one attached hydrogen (secondary N) is 2. The van der Waals surface area contributed by atoms with E-state index in [9.17, 15) is 4.79 Å². The molecule has 25 heavy (non-hydrogen) atoms. The third-order valence-electron chi connectivity index (χ3n) is 3.63. The van der Waals surface area contributed by atoms with Crippen molar-refractivity contribution in [1.29, 1.82) is 0 Å². The van der Waals surface area contributed by atoms with Crippen molar-refractivity contribution in [2.75, 3.05) is 10.6 Å². The van der Waals surface area contributed by atoms with Gasteiger partial charge in [0.1, 0.15) is 5.82 Å². The molecule has 0 bridgehead atoms. The summed E-state index contributed by atoms with van der Waals surface area (Å²) < 4.78 is 0.965. The van der Waals surface area contributed by atoms with Crippen molar-refractivity contribution in [3.63, 3.8) is 0 Å². The lowest BCUT2D eigenvalue weighted by Crippen LogP contribution is -2.14. The normalized spacial score (nSPS) is 10.3. The maximum atomic E-state index is 12.2. The molecule has 3 aromatic rings. The number of anilines is 3. The Morgan fingerprint density at radius 3 is 2.64 bits per heavy atom. The maximum absolute atomic E-state index is 12.2. The van der Waals surface area contributed by atoms with E-state index < -0.39 is 0 Å². The van der Waals surface area contributed by atoms with Gasteiger partial charge in [-0.2, -0.15) is 0 Å². The van der Waals surface area contributed by atoms with Crippen LogP contribution < -0.4 is 10.6 Å². The first-order valence-corrected chi connectivity index (χ1v) is 8.72. The van der Waals surface area contributed by atoms with Crippen molar-refractivity contribution in [1.82, 2.24) is 4.98 Å². The first-order chi connectivity index (χ1) is 12.1. The summed E-state index contributed by atoms with van der Waals surface area (Å²) in [6.45, 7) is 2.02. The molecule has 0 spiro atoms. The lowest BCUT2D eigenvalue weighted by Gasteiger charge is -2.09. The van der Waals surface area contributed by atoms with Gasteiger partial charge in [0.15, 0.2) is 0 Å². The molecule has 0 atom stereocenters. The van der Waals surface area contributed by atoms with E-state index in [0.717, 1.165) is 21.3 Å².